The molecule has 0 bridgehead atoms. The highest BCUT2D eigenvalue weighted by Crippen LogP contribution is 1.84. The molecule has 0 unspecified atom stereocenters. The number of aliphatic hydroxyl groups excluding tert-OH is 1. The fourth-order valence-electron chi connectivity index (χ4n) is 0.322. The maximum Gasteiger partial charge on any atom is 0.116 e. The van der Waals surface area contributed by atoms with Crippen LogP contribution in [0.5, 0.6) is 0 Å². The van der Waals surface area contributed by atoms with E-state index in [1.807, 2.05) is 0 Å². The molecule has 0 amide bonds. The van der Waals surface area contributed by atoms with Crippen molar-refractivity contribution in [2.75, 3.05) is 13.2 Å². The number of ether oxygens (including phenoxy) is 1. The first-order chi connectivity index (χ1) is 4.81. The van der Waals surface area contributed by atoms with Crippen LogP contribution >= 0.6 is 0 Å². The van der Waals surface area contributed by atoms with E-state index in [-0.39, 0.29) is 19.3 Å². The Hall–Kier alpha value is -0.960. The molecule has 0 saturated heterocycles. The molecule has 2 nitrogen and oxygen atoms in total. The van der Waals surface area contributed by atoms with Gasteiger partial charge in [-0.1, -0.05) is 17.8 Å². The van der Waals surface area contributed by atoms with Gasteiger partial charge >= 0.3 is 0 Å². The summed E-state index contributed by atoms with van der Waals surface area (Å²) < 4.78 is 4.97. The lowest BCUT2D eigenvalue weighted by atomic mass is 10.4. The third kappa shape index (κ3) is 5.18. The maximum absolute atomic E-state index is 8.22. The van der Waals surface area contributed by atoms with Crippen molar-refractivity contribution in [3.05, 3.63) is 0 Å². The van der Waals surface area contributed by atoms with Crippen molar-refractivity contribution >= 4 is 0 Å². The number of hydrogen-bond acceptors (Lipinski definition) is 2. The average Bonchev–Trinajstić information content (AvgIpc) is 1.98. The van der Waals surface area contributed by atoms with Crippen LogP contribution in [0, 0.1) is 24.2 Å². The zero-order valence-electron chi connectivity index (χ0n) is 5.92. The second-order valence-corrected chi connectivity index (χ2v) is 1.63. The monoisotopic (exact) mass is 138 g/mol. The summed E-state index contributed by atoms with van der Waals surface area (Å²) in [6.45, 7) is 1.92. The Morgan fingerprint density at radius 1 is 1.60 bits per heavy atom. The number of rotatable bonds is 2. The molecule has 0 rings (SSSR count). The normalized spacial score (nSPS) is 10.9. The Morgan fingerprint density at radius 3 is 2.80 bits per heavy atom. The quantitative estimate of drug-likeness (QED) is 0.545. The topological polar surface area (TPSA) is 29.5 Å². The Bertz CT molecular complexity index is 168. The van der Waals surface area contributed by atoms with Crippen molar-refractivity contribution in [2.24, 2.45) is 0 Å². The first-order valence-corrected chi connectivity index (χ1v) is 2.95. The summed E-state index contributed by atoms with van der Waals surface area (Å²) in [5, 5.41) is 8.22. The lowest BCUT2D eigenvalue weighted by molar-refractivity contribution is 0.134. The van der Waals surface area contributed by atoms with Gasteiger partial charge in [0.15, 0.2) is 0 Å². The van der Waals surface area contributed by atoms with E-state index in [4.69, 9.17) is 16.3 Å². The van der Waals surface area contributed by atoms with Crippen molar-refractivity contribution in [3.8, 4) is 24.2 Å². The molecule has 0 spiro atoms. The van der Waals surface area contributed by atoms with E-state index >= 15 is 0 Å². The average molecular weight is 138 g/mol. The second kappa shape index (κ2) is 6.16. The third-order valence-corrected chi connectivity index (χ3v) is 0.844. The zero-order chi connectivity index (χ0) is 7.82. The summed E-state index contributed by atoms with van der Waals surface area (Å²) in [6.07, 6.45) is 4.81. The first-order valence-electron chi connectivity index (χ1n) is 2.95. The highest BCUT2D eigenvalue weighted by atomic mass is 16.5. The van der Waals surface area contributed by atoms with Crippen LogP contribution in [0.25, 0.3) is 0 Å². The first kappa shape index (κ1) is 9.04. The fourth-order valence-corrected chi connectivity index (χ4v) is 0.322. The SMILES string of the molecule is C#C[C@@H](C)OCC#CCO. The second-order valence-electron chi connectivity index (χ2n) is 1.63. The van der Waals surface area contributed by atoms with Gasteiger partial charge in [0, 0.05) is 0 Å². The Morgan fingerprint density at radius 2 is 2.30 bits per heavy atom. The van der Waals surface area contributed by atoms with Crippen LogP contribution < -0.4 is 0 Å². The molecule has 1 N–H and O–H groups in total. The van der Waals surface area contributed by atoms with Crippen molar-refractivity contribution in [1.29, 1.82) is 0 Å². The van der Waals surface area contributed by atoms with E-state index in [0.717, 1.165) is 0 Å². The summed E-state index contributed by atoms with van der Waals surface area (Å²) in [5.41, 5.74) is 0. The van der Waals surface area contributed by atoms with Crippen LogP contribution in [-0.4, -0.2) is 24.4 Å². The van der Waals surface area contributed by atoms with Crippen LogP contribution in [0.3, 0.4) is 0 Å². The summed E-state index contributed by atoms with van der Waals surface area (Å²) in [7, 11) is 0. The van der Waals surface area contributed by atoms with E-state index in [1.165, 1.54) is 0 Å². The fraction of sp³-hybridized carbons (Fsp3) is 0.500. The van der Waals surface area contributed by atoms with E-state index in [9.17, 15) is 0 Å². The molecule has 2 heteroatoms. The Balaban J connectivity index is 3.29. The minimum atomic E-state index is -0.201. The summed E-state index contributed by atoms with van der Waals surface area (Å²) in [4.78, 5) is 0. The van der Waals surface area contributed by atoms with Gasteiger partial charge in [0.25, 0.3) is 0 Å². The molecule has 0 fully saturated rings. The molecule has 54 valence electrons. The van der Waals surface area contributed by atoms with Gasteiger partial charge in [-0.2, -0.15) is 0 Å². The van der Waals surface area contributed by atoms with Gasteiger partial charge in [-0.05, 0) is 6.92 Å². The molecular formula is C8H10O2. The largest absolute Gasteiger partial charge is 0.384 e. The predicted molar refractivity (Wildman–Crippen MR) is 39.1 cm³/mol. The highest BCUT2D eigenvalue weighted by molar-refractivity contribution is 5.00. The van der Waals surface area contributed by atoms with Crippen molar-refractivity contribution in [3.63, 3.8) is 0 Å². The zero-order valence-corrected chi connectivity index (χ0v) is 5.92. The van der Waals surface area contributed by atoms with Gasteiger partial charge in [-0.15, -0.1) is 6.42 Å². The lowest BCUT2D eigenvalue weighted by Gasteiger charge is -1.99. The van der Waals surface area contributed by atoms with Gasteiger partial charge in [0.1, 0.15) is 19.3 Å². The van der Waals surface area contributed by atoms with Crippen molar-refractivity contribution < 1.29 is 9.84 Å². The molecule has 0 heterocycles. The molecule has 0 aromatic heterocycles. The third-order valence-electron chi connectivity index (χ3n) is 0.844. The number of aliphatic hydroxyl groups is 1. The molecule has 0 aromatic rings. The molecule has 0 radical (unpaired) electrons. The van der Waals surface area contributed by atoms with Crippen molar-refractivity contribution in [1.82, 2.24) is 0 Å². The molecule has 0 aromatic carbocycles. The number of hydrogen-bond donors (Lipinski definition) is 1. The summed E-state index contributed by atoms with van der Waals surface area (Å²) >= 11 is 0. The van der Waals surface area contributed by atoms with Crippen LogP contribution in [-0.2, 0) is 4.74 Å². The van der Waals surface area contributed by atoms with Crippen LogP contribution in [0.15, 0.2) is 0 Å². The van der Waals surface area contributed by atoms with Crippen LogP contribution in [0.2, 0.25) is 0 Å². The van der Waals surface area contributed by atoms with Crippen LogP contribution in [0.1, 0.15) is 6.92 Å². The molecular weight excluding hydrogens is 128 g/mol. The minimum absolute atomic E-state index is 0.131. The van der Waals surface area contributed by atoms with E-state index in [0.29, 0.717) is 0 Å². The molecule has 1 atom stereocenters. The molecule has 0 saturated carbocycles. The van der Waals surface area contributed by atoms with Gasteiger partial charge in [0.2, 0.25) is 0 Å². The predicted octanol–water partition coefficient (Wildman–Crippen LogP) is 0.0204. The van der Waals surface area contributed by atoms with Gasteiger partial charge in [-0.25, -0.2) is 0 Å². The van der Waals surface area contributed by atoms with Gasteiger partial charge < -0.3 is 9.84 Å². The molecule has 0 aliphatic rings. The van der Waals surface area contributed by atoms with Gasteiger partial charge in [-0.3, -0.25) is 0 Å². The van der Waals surface area contributed by atoms with E-state index in [1.54, 1.807) is 6.92 Å². The molecule has 0 aliphatic heterocycles. The maximum atomic E-state index is 8.22. The Labute approximate surface area is 61.2 Å². The summed E-state index contributed by atoms with van der Waals surface area (Å²) in [6, 6.07) is 0. The smallest absolute Gasteiger partial charge is 0.116 e. The van der Waals surface area contributed by atoms with E-state index < -0.39 is 0 Å². The van der Waals surface area contributed by atoms with Gasteiger partial charge in [0.05, 0.1) is 0 Å². The minimum Gasteiger partial charge on any atom is -0.384 e. The molecule has 0 aliphatic carbocycles. The molecule has 10 heavy (non-hydrogen) atoms. The standard InChI is InChI=1S/C8H10O2/c1-3-8(2)10-7-5-4-6-9/h1,8-9H,6-7H2,2H3/t8-/m1/s1. The highest BCUT2D eigenvalue weighted by Gasteiger charge is 1.90. The Kier molecular flexibility index (Phi) is 5.57. The lowest BCUT2D eigenvalue weighted by Crippen LogP contribution is -2.04. The van der Waals surface area contributed by atoms with Crippen molar-refractivity contribution in [2.45, 2.75) is 13.0 Å². The van der Waals surface area contributed by atoms with Crippen LogP contribution in [0.4, 0.5) is 0 Å². The summed E-state index contributed by atoms with van der Waals surface area (Å²) in [5.74, 6) is 7.41. The van der Waals surface area contributed by atoms with E-state index in [2.05, 4.69) is 17.8 Å². The number of terminal acetylenes is 1.